The maximum atomic E-state index is 11.9. The van der Waals surface area contributed by atoms with Crippen molar-refractivity contribution in [3.63, 3.8) is 0 Å². The third-order valence-corrected chi connectivity index (χ3v) is 2.04. The van der Waals surface area contributed by atoms with E-state index in [-0.39, 0.29) is 5.82 Å². The average Bonchev–Trinajstić information content (AvgIpc) is 2.74. The van der Waals surface area contributed by atoms with E-state index < -0.39 is 30.8 Å². The molecule has 0 aliphatic carbocycles. The highest BCUT2D eigenvalue weighted by Crippen LogP contribution is 2.00. The number of primary amides is 2. The van der Waals surface area contributed by atoms with Gasteiger partial charge in [0.05, 0.1) is 0 Å². The van der Waals surface area contributed by atoms with Crippen LogP contribution >= 0.6 is 0 Å². The molecule has 1 aromatic rings. The SMILES string of the molecule is CCc1nc(C(=O)N(CC(N)=O)CC(N)=O)n[nH]1. The van der Waals surface area contributed by atoms with Crippen molar-refractivity contribution >= 4 is 17.7 Å². The monoisotopic (exact) mass is 254 g/mol. The minimum absolute atomic E-state index is 0.130. The average molecular weight is 254 g/mol. The summed E-state index contributed by atoms with van der Waals surface area (Å²) in [7, 11) is 0. The Morgan fingerprint density at radius 2 is 1.78 bits per heavy atom. The normalized spacial score (nSPS) is 10.1. The summed E-state index contributed by atoms with van der Waals surface area (Å²) < 4.78 is 0. The second-order valence-electron chi connectivity index (χ2n) is 3.55. The Morgan fingerprint density at radius 3 is 2.17 bits per heavy atom. The van der Waals surface area contributed by atoms with Gasteiger partial charge in [0.1, 0.15) is 18.9 Å². The minimum Gasteiger partial charge on any atom is -0.368 e. The quantitative estimate of drug-likeness (QED) is 0.525. The van der Waals surface area contributed by atoms with Crippen LogP contribution in [0.4, 0.5) is 0 Å². The van der Waals surface area contributed by atoms with Gasteiger partial charge in [-0.15, -0.1) is 5.10 Å². The van der Waals surface area contributed by atoms with Crippen molar-refractivity contribution in [3.05, 3.63) is 11.6 Å². The molecular weight excluding hydrogens is 240 g/mol. The number of aromatic amines is 1. The van der Waals surface area contributed by atoms with Gasteiger partial charge in [-0.3, -0.25) is 19.5 Å². The number of hydrogen-bond acceptors (Lipinski definition) is 5. The van der Waals surface area contributed by atoms with Crippen LogP contribution in [0, 0.1) is 0 Å². The third-order valence-electron chi connectivity index (χ3n) is 2.04. The molecule has 1 heterocycles. The van der Waals surface area contributed by atoms with E-state index in [1.807, 2.05) is 6.92 Å². The van der Waals surface area contributed by atoms with E-state index in [9.17, 15) is 14.4 Å². The van der Waals surface area contributed by atoms with E-state index in [0.29, 0.717) is 12.2 Å². The van der Waals surface area contributed by atoms with Gasteiger partial charge in [0.2, 0.25) is 17.6 Å². The number of hydrogen-bond donors (Lipinski definition) is 3. The highest BCUT2D eigenvalue weighted by Gasteiger charge is 2.23. The standard InChI is InChI=1S/C9H14N6O3/c1-2-7-12-8(14-13-7)9(18)15(3-5(10)16)4-6(11)17/h2-4H2,1H3,(H2,10,16)(H2,11,17)(H,12,13,14). The lowest BCUT2D eigenvalue weighted by molar-refractivity contribution is -0.121. The maximum absolute atomic E-state index is 11.9. The number of rotatable bonds is 6. The van der Waals surface area contributed by atoms with Crippen LogP contribution in [0.5, 0.6) is 0 Å². The molecular formula is C9H14N6O3. The van der Waals surface area contributed by atoms with E-state index in [0.717, 1.165) is 4.90 Å². The third kappa shape index (κ3) is 3.54. The molecule has 18 heavy (non-hydrogen) atoms. The molecule has 1 rings (SSSR count). The summed E-state index contributed by atoms with van der Waals surface area (Å²) in [6.45, 7) is 0.995. The number of nitrogens with zero attached hydrogens (tertiary/aromatic N) is 3. The van der Waals surface area contributed by atoms with Crippen LogP contribution in [0.3, 0.4) is 0 Å². The van der Waals surface area contributed by atoms with Crippen molar-refractivity contribution in [2.24, 2.45) is 11.5 Å². The van der Waals surface area contributed by atoms with Crippen LogP contribution < -0.4 is 11.5 Å². The van der Waals surface area contributed by atoms with Gasteiger partial charge in [0, 0.05) is 6.42 Å². The van der Waals surface area contributed by atoms with Crippen molar-refractivity contribution in [2.75, 3.05) is 13.1 Å². The van der Waals surface area contributed by atoms with E-state index in [1.54, 1.807) is 0 Å². The molecule has 0 aromatic carbocycles. The van der Waals surface area contributed by atoms with E-state index in [2.05, 4.69) is 15.2 Å². The molecule has 0 saturated carbocycles. The molecule has 5 N–H and O–H groups in total. The van der Waals surface area contributed by atoms with Gasteiger partial charge >= 0.3 is 0 Å². The lowest BCUT2D eigenvalue weighted by atomic mass is 10.4. The van der Waals surface area contributed by atoms with Crippen molar-refractivity contribution in [1.82, 2.24) is 20.1 Å². The first-order valence-corrected chi connectivity index (χ1v) is 5.21. The smallest absolute Gasteiger partial charge is 0.294 e. The molecule has 9 heteroatoms. The van der Waals surface area contributed by atoms with Crippen LogP contribution in [0.25, 0.3) is 0 Å². The van der Waals surface area contributed by atoms with E-state index in [4.69, 9.17) is 11.5 Å². The van der Waals surface area contributed by atoms with E-state index in [1.165, 1.54) is 0 Å². The zero-order chi connectivity index (χ0) is 13.7. The van der Waals surface area contributed by atoms with Gasteiger partial charge in [-0.25, -0.2) is 4.98 Å². The number of aryl methyl sites for hydroxylation is 1. The maximum Gasteiger partial charge on any atom is 0.294 e. The zero-order valence-corrected chi connectivity index (χ0v) is 9.84. The molecule has 0 atom stereocenters. The van der Waals surface area contributed by atoms with Gasteiger partial charge in [-0.1, -0.05) is 6.92 Å². The molecule has 98 valence electrons. The second-order valence-corrected chi connectivity index (χ2v) is 3.55. The fourth-order valence-corrected chi connectivity index (χ4v) is 1.27. The van der Waals surface area contributed by atoms with Crippen LogP contribution in [0.1, 0.15) is 23.4 Å². The lowest BCUT2D eigenvalue weighted by Crippen LogP contribution is -2.43. The van der Waals surface area contributed by atoms with Crippen LogP contribution in [0.2, 0.25) is 0 Å². The minimum atomic E-state index is -0.754. The topological polar surface area (TPSA) is 148 Å². The summed E-state index contributed by atoms with van der Waals surface area (Å²) in [5.74, 6) is -1.79. The molecule has 0 aliphatic rings. The Bertz CT molecular complexity index is 453. The lowest BCUT2D eigenvalue weighted by Gasteiger charge is -2.17. The number of amides is 3. The van der Waals surface area contributed by atoms with Crippen LogP contribution in [0.15, 0.2) is 0 Å². The summed E-state index contributed by atoms with van der Waals surface area (Å²) in [5, 5.41) is 6.25. The van der Waals surface area contributed by atoms with Crippen molar-refractivity contribution in [3.8, 4) is 0 Å². The van der Waals surface area contributed by atoms with Gasteiger partial charge in [0.25, 0.3) is 5.91 Å². The Hall–Kier alpha value is -2.45. The number of nitrogens with two attached hydrogens (primary N) is 2. The van der Waals surface area contributed by atoms with Crippen molar-refractivity contribution in [1.29, 1.82) is 0 Å². The highest BCUT2D eigenvalue weighted by molar-refractivity contribution is 5.95. The Labute approximate surface area is 103 Å². The van der Waals surface area contributed by atoms with Gasteiger partial charge in [-0.2, -0.15) is 0 Å². The predicted octanol–water partition coefficient (Wildman–Crippen LogP) is -2.22. The first kappa shape index (κ1) is 13.6. The molecule has 0 fully saturated rings. The fraction of sp³-hybridized carbons (Fsp3) is 0.444. The van der Waals surface area contributed by atoms with Gasteiger partial charge in [0.15, 0.2) is 0 Å². The van der Waals surface area contributed by atoms with Gasteiger partial charge in [-0.05, 0) is 0 Å². The van der Waals surface area contributed by atoms with E-state index >= 15 is 0 Å². The Kier molecular flexibility index (Phi) is 4.35. The molecule has 1 aromatic heterocycles. The molecule has 3 amide bonds. The summed E-state index contributed by atoms with van der Waals surface area (Å²) in [6.07, 6.45) is 0.575. The van der Waals surface area contributed by atoms with Crippen molar-refractivity contribution in [2.45, 2.75) is 13.3 Å². The highest BCUT2D eigenvalue weighted by atomic mass is 16.2. The Balaban J connectivity index is 2.86. The summed E-state index contributed by atoms with van der Waals surface area (Å²) in [4.78, 5) is 38.3. The number of carbonyl (C=O) groups excluding carboxylic acids is 3. The molecule has 0 aliphatic heterocycles. The largest absolute Gasteiger partial charge is 0.368 e. The predicted molar refractivity (Wildman–Crippen MR) is 60.1 cm³/mol. The Morgan fingerprint density at radius 1 is 1.22 bits per heavy atom. The first-order chi connectivity index (χ1) is 8.43. The van der Waals surface area contributed by atoms with Crippen molar-refractivity contribution < 1.29 is 14.4 Å². The summed E-state index contributed by atoms with van der Waals surface area (Å²) in [6, 6.07) is 0. The summed E-state index contributed by atoms with van der Waals surface area (Å²) in [5.41, 5.74) is 9.97. The second kappa shape index (κ2) is 5.75. The number of aromatic nitrogens is 3. The number of carbonyl (C=O) groups is 3. The molecule has 0 unspecified atom stereocenters. The molecule has 9 nitrogen and oxygen atoms in total. The molecule has 0 bridgehead atoms. The zero-order valence-electron chi connectivity index (χ0n) is 9.84. The molecule has 0 spiro atoms. The number of nitrogens with one attached hydrogen (secondary N) is 1. The molecule has 0 saturated heterocycles. The molecule has 0 radical (unpaired) electrons. The first-order valence-electron chi connectivity index (χ1n) is 5.21. The van der Waals surface area contributed by atoms with Gasteiger partial charge < -0.3 is 16.4 Å². The summed E-state index contributed by atoms with van der Waals surface area (Å²) >= 11 is 0. The van der Waals surface area contributed by atoms with Crippen LogP contribution in [-0.4, -0.2) is 50.9 Å². The fourth-order valence-electron chi connectivity index (χ4n) is 1.27. The van der Waals surface area contributed by atoms with Crippen LogP contribution in [-0.2, 0) is 16.0 Å². The number of H-pyrrole nitrogens is 1.